The fourth-order valence-corrected chi connectivity index (χ4v) is 2.50. The van der Waals surface area contributed by atoms with Gasteiger partial charge in [0.1, 0.15) is 0 Å². The van der Waals surface area contributed by atoms with Crippen LogP contribution in [0.25, 0.3) is 0 Å². The average Bonchev–Trinajstić information content (AvgIpc) is 2.95. The molecule has 1 heterocycles. The second-order valence-corrected chi connectivity index (χ2v) is 5.46. The van der Waals surface area contributed by atoms with Gasteiger partial charge in [0.25, 0.3) is 5.91 Å². The van der Waals surface area contributed by atoms with Crippen LogP contribution in [0.2, 0.25) is 0 Å². The Morgan fingerprint density at radius 1 is 1.43 bits per heavy atom. The number of amides is 3. The van der Waals surface area contributed by atoms with Crippen LogP contribution in [0.15, 0.2) is 24.3 Å². The number of rotatable bonds is 4. The van der Waals surface area contributed by atoms with Crippen LogP contribution in [0.3, 0.4) is 0 Å². The summed E-state index contributed by atoms with van der Waals surface area (Å²) in [5.74, 6) is 0.139. The molecule has 1 aromatic carbocycles. The summed E-state index contributed by atoms with van der Waals surface area (Å²) >= 11 is 0. The molecule has 0 aliphatic carbocycles. The maximum atomic E-state index is 12.3. The van der Waals surface area contributed by atoms with Crippen LogP contribution in [0.1, 0.15) is 29.3 Å². The highest BCUT2D eigenvalue weighted by Gasteiger charge is 2.29. The standard InChI is InChI=1S/C15H21N3O3/c1-10(19)13-6-7-18(9-13)14(20)12-4-2-11(3-5-12)8-17-15(16)21/h2-5,10,13,19H,6-9H2,1H3,(H3,16,17,21). The van der Waals surface area contributed by atoms with E-state index in [0.717, 1.165) is 12.0 Å². The average molecular weight is 291 g/mol. The zero-order chi connectivity index (χ0) is 15.4. The van der Waals surface area contributed by atoms with E-state index < -0.39 is 6.03 Å². The predicted octanol–water partition coefficient (Wildman–Crippen LogP) is 0.698. The first kappa shape index (κ1) is 15.3. The maximum Gasteiger partial charge on any atom is 0.312 e. The Morgan fingerprint density at radius 2 is 2.10 bits per heavy atom. The van der Waals surface area contributed by atoms with Crippen LogP contribution in [0, 0.1) is 5.92 Å². The number of urea groups is 1. The highest BCUT2D eigenvalue weighted by molar-refractivity contribution is 5.94. The van der Waals surface area contributed by atoms with Gasteiger partial charge >= 0.3 is 6.03 Å². The third-order valence-corrected chi connectivity index (χ3v) is 3.86. The SMILES string of the molecule is CC(O)C1CCN(C(=O)c2ccc(CNC(N)=O)cc2)C1. The number of likely N-dealkylation sites (tertiary alicyclic amines) is 1. The quantitative estimate of drug-likeness (QED) is 0.762. The summed E-state index contributed by atoms with van der Waals surface area (Å²) in [7, 11) is 0. The molecule has 0 aromatic heterocycles. The number of primary amides is 1. The Kier molecular flexibility index (Phi) is 4.80. The van der Waals surface area contributed by atoms with Gasteiger partial charge in [0, 0.05) is 31.1 Å². The van der Waals surface area contributed by atoms with Gasteiger partial charge < -0.3 is 21.1 Å². The molecule has 1 aromatic rings. The summed E-state index contributed by atoms with van der Waals surface area (Å²) in [5.41, 5.74) is 6.51. The van der Waals surface area contributed by atoms with Crippen LogP contribution in [0.4, 0.5) is 4.79 Å². The molecule has 2 rings (SSSR count). The summed E-state index contributed by atoms with van der Waals surface area (Å²) in [6.07, 6.45) is 0.453. The minimum Gasteiger partial charge on any atom is -0.393 e. The van der Waals surface area contributed by atoms with Gasteiger partial charge in [0.2, 0.25) is 0 Å². The second kappa shape index (κ2) is 6.58. The Bertz CT molecular complexity index is 513. The smallest absolute Gasteiger partial charge is 0.312 e. The second-order valence-electron chi connectivity index (χ2n) is 5.46. The number of aliphatic hydroxyl groups excluding tert-OH is 1. The van der Waals surface area contributed by atoms with Gasteiger partial charge in [-0.15, -0.1) is 0 Å². The molecule has 0 radical (unpaired) electrons. The molecule has 2 atom stereocenters. The minimum absolute atomic E-state index is 0.0208. The molecule has 1 aliphatic rings. The molecule has 2 unspecified atom stereocenters. The zero-order valence-electron chi connectivity index (χ0n) is 12.1. The lowest BCUT2D eigenvalue weighted by Gasteiger charge is -2.18. The van der Waals surface area contributed by atoms with Crippen molar-refractivity contribution in [1.82, 2.24) is 10.2 Å². The summed E-state index contributed by atoms with van der Waals surface area (Å²) < 4.78 is 0. The molecule has 114 valence electrons. The van der Waals surface area contributed by atoms with Gasteiger partial charge in [-0.3, -0.25) is 4.79 Å². The van der Waals surface area contributed by atoms with Gasteiger partial charge in [-0.1, -0.05) is 12.1 Å². The number of nitrogens with zero attached hydrogens (tertiary/aromatic N) is 1. The van der Waals surface area contributed by atoms with E-state index in [1.807, 2.05) is 0 Å². The van der Waals surface area contributed by atoms with Crippen LogP contribution in [0.5, 0.6) is 0 Å². The lowest BCUT2D eigenvalue weighted by Crippen LogP contribution is -2.30. The normalized spacial score (nSPS) is 19.3. The molecule has 1 fully saturated rings. The summed E-state index contributed by atoms with van der Waals surface area (Å²) in [6, 6.07) is 6.51. The molecule has 1 saturated heterocycles. The van der Waals surface area contributed by atoms with Gasteiger partial charge in [-0.25, -0.2) is 4.79 Å². The van der Waals surface area contributed by atoms with Gasteiger partial charge in [-0.05, 0) is 31.0 Å². The Hall–Kier alpha value is -2.08. The monoisotopic (exact) mass is 291 g/mol. The van der Waals surface area contributed by atoms with Gasteiger partial charge in [0.15, 0.2) is 0 Å². The van der Waals surface area contributed by atoms with Crippen LogP contribution in [-0.4, -0.2) is 41.1 Å². The molecule has 0 bridgehead atoms. The van der Waals surface area contributed by atoms with Crippen molar-refractivity contribution in [3.05, 3.63) is 35.4 Å². The van der Waals surface area contributed by atoms with Crippen LogP contribution < -0.4 is 11.1 Å². The number of nitrogens with one attached hydrogen (secondary N) is 1. The van der Waals surface area contributed by atoms with Crippen molar-refractivity contribution in [2.24, 2.45) is 11.7 Å². The van der Waals surface area contributed by atoms with E-state index in [0.29, 0.717) is 25.2 Å². The first-order valence-corrected chi connectivity index (χ1v) is 7.07. The Balaban J connectivity index is 1.95. The van der Waals surface area contributed by atoms with Crippen molar-refractivity contribution in [3.63, 3.8) is 0 Å². The minimum atomic E-state index is -0.573. The molecular weight excluding hydrogens is 270 g/mol. The van der Waals surface area contributed by atoms with Crippen molar-refractivity contribution in [3.8, 4) is 0 Å². The fraction of sp³-hybridized carbons (Fsp3) is 0.467. The summed E-state index contributed by atoms with van der Waals surface area (Å²) in [4.78, 5) is 24.8. The molecular formula is C15H21N3O3. The lowest BCUT2D eigenvalue weighted by atomic mass is 10.0. The van der Waals surface area contributed by atoms with Crippen molar-refractivity contribution in [2.75, 3.05) is 13.1 Å². The molecule has 21 heavy (non-hydrogen) atoms. The van der Waals surface area contributed by atoms with E-state index in [4.69, 9.17) is 5.73 Å². The molecule has 4 N–H and O–H groups in total. The van der Waals surface area contributed by atoms with E-state index in [1.54, 1.807) is 36.1 Å². The first-order chi connectivity index (χ1) is 9.97. The van der Waals surface area contributed by atoms with Crippen LogP contribution >= 0.6 is 0 Å². The number of nitrogens with two attached hydrogens (primary N) is 1. The maximum absolute atomic E-state index is 12.3. The molecule has 0 spiro atoms. The zero-order valence-corrected chi connectivity index (χ0v) is 12.1. The lowest BCUT2D eigenvalue weighted by molar-refractivity contribution is 0.0762. The van der Waals surface area contributed by atoms with E-state index in [-0.39, 0.29) is 17.9 Å². The Morgan fingerprint density at radius 3 is 2.62 bits per heavy atom. The number of hydrogen-bond acceptors (Lipinski definition) is 3. The van der Waals surface area contributed by atoms with E-state index in [9.17, 15) is 14.7 Å². The molecule has 0 saturated carbocycles. The summed E-state index contributed by atoms with van der Waals surface area (Å²) in [6.45, 7) is 3.39. The molecule has 6 heteroatoms. The molecule has 3 amide bonds. The number of carbonyl (C=O) groups is 2. The van der Waals surface area contributed by atoms with E-state index >= 15 is 0 Å². The largest absolute Gasteiger partial charge is 0.393 e. The van der Waals surface area contributed by atoms with Gasteiger partial charge in [-0.2, -0.15) is 0 Å². The first-order valence-electron chi connectivity index (χ1n) is 7.07. The molecule has 6 nitrogen and oxygen atoms in total. The topological polar surface area (TPSA) is 95.7 Å². The number of aliphatic hydroxyl groups is 1. The highest BCUT2D eigenvalue weighted by atomic mass is 16.3. The summed E-state index contributed by atoms with van der Waals surface area (Å²) in [5, 5.41) is 12.1. The van der Waals surface area contributed by atoms with E-state index in [1.165, 1.54) is 0 Å². The van der Waals surface area contributed by atoms with Crippen molar-refractivity contribution < 1.29 is 14.7 Å². The van der Waals surface area contributed by atoms with E-state index in [2.05, 4.69) is 5.32 Å². The fourth-order valence-electron chi connectivity index (χ4n) is 2.50. The molecule has 1 aliphatic heterocycles. The van der Waals surface area contributed by atoms with Gasteiger partial charge in [0.05, 0.1) is 6.10 Å². The van der Waals surface area contributed by atoms with Crippen molar-refractivity contribution >= 4 is 11.9 Å². The Labute approximate surface area is 123 Å². The number of carbonyl (C=O) groups excluding carboxylic acids is 2. The van der Waals surface area contributed by atoms with Crippen LogP contribution in [-0.2, 0) is 6.54 Å². The third kappa shape index (κ3) is 3.95. The number of benzene rings is 1. The number of hydrogen-bond donors (Lipinski definition) is 3. The predicted molar refractivity (Wildman–Crippen MR) is 78.6 cm³/mol. The van der Waals surface area contributed by atoms with Crippen molar-refractivity contribution in [1.29, 1.82) is 0 Å². The van der Waals surface area contributed by atoms with Crippen molar-refractivity contribution in [2.45, 2.75) is 26.0 Å². The highest BCUT2D eigenvalue weighted by Crippen LogP contribution is 2.21. The third-order valence-electron chi connectivity index (χ3n) is 3.86.